The number of nitrogens with one attached hydrogen (secondary N) is 3. The Morgan fingerprint density at radius 2 is 0.862 bits per heavy atom. The summed E-state index contributed by atoms with van der Waals surface area (Å²) in [6.45, 7) is 5.20. The van der Waals surface area contributed by atoms with Crippen LogP contribution in [0.3, 0.4) is 0 Å². The number of aryl methyl sites for hydroxylation is 2. The van der Waals surface area contributed by atoms with E-state index in [1.54, 1.807) is 65.9 Å². The number of benzene rings is 6. The van der Waals surface area contributed by atoms with Crippen molar-refractivity contribution < 1.29 is 24.0 Å². The number of fused-ring (bicyclic) bond motifs is 5. The van der Waals surface area contributed by atoms with E-state index < -0.39 is 18.1 Å². The highest BCUT2D eigenvalue weighted by molar-refractivity contribution is 9.10. The number of carbonyl (C=O) groups is 5. The molecule has 6 aromatic carbocycles. The van der Waals surface area contributed by atoms with Gasteiger partial charge in [-0.05, 0) is 133 Å². The molecule has 0 fully saturated rings. The number of nitrogens with two attached hydrogens (primary N) is 2. The van der Waals surface area contributed by atoms with Crippen molar-refractivity contribution in [2.75, 3.05) is 35.8 Å². The maximum absolute atomic E-state index is 13.1. The Bertz CT molecular complexity index is 5410. The summed E-state index contributed by atoms with van der Waals surface area (Å²) in [5.74, 6) is 1.54. The summed E-state index contributed by atoms with van der Waals surface area (Å²) in [5, 5.41) is 11.5. The molecule has 3 unspecified atom stereocenters. The van der Waals surface area contributed by atoms with Gasteiger partial charge < -0.3 is 46.4 Å². The SMILES string of the molecule is Cc1c(CN(C)C(=O)/C=C/c2cnc3c(c2)CC(N)C(=O)N3)c2ccccc2n1C.Cc1c(CN(C)C(=O)/C=C/c2cnc3c(c2)CC(N=C(c2ccccc2)c2ccccc2)C(=O)N3)c2ccccc2n1C.Nc1ncc(Br)cc1CBr.O=C1Nc2ncc(Br)cc2CC1N=C(c1ccccc1)c1ccccc1. The maximum Gasteiger partial charge on any atom is 0.250 e. The Hall–Kier alpha value is -11.6. The van der Waals surface area contributed by atoms with E-state index in [1.165, 1.54) is 5.39 Å². The fourth-order valence-electron chi connectivity index (χ4n) is 13.0. The molecule has 12 aromatic rings. The van der Waals surface area contributed by atoms with Gasteiger partial charge in [-0.1, -0.05) is 174 Å². The summed E-state index contributed by atoms with van der Waals surface area (Å²) in [7, 11) is 7.70. The van der Waals surface area contributed by atoms with E-state index in [0.717, 1.165) is 120 Å². The standard InChI is InChI=1S/C36H33N5O2.C23H25N5O2.C21H16BrN3O.C6H6Br2N2/c1-24-30(29-16-10-11-17-32(29)41(24)3)23-40(2)33(42)19-18-25-20-28-21-31(36(43)39-35(28)37-22-25)38-34(26-12-6-4-7-13-26)27-14-8-5-9-15-27;1-14-18(17-6-4-5-7-20(17)28(14)3)13-27(2)21(29)9-8-15-10-16-11-19(24)23(30)26-22(16)25-12-15;22-17-11-16-12-18(21(26)25-20(16)23-13-17)24-19(14-7-3-1-4-8-14)15-9-5-2-6-10-15;7-2-4-1-5(8)3-10-6(4)9/h4-20,22,31H,21,23H2,1-3H3,(H,37,39,43);4-10,12,19H,11,13,24H2,1-3H3,(H,25,26,30);1-11,13,18H,12H2,(H,23,25,26);1,3H,2H2,(H2,9,10)/b19-18+;9-8+;;. The first-order valence-electron chi connectivity index (χ1n) is 35.2. The van der Waals surface area contributed by atoms with Crippen molar-refractivity contribution in [3.63, 3.8) is 0 Å². The second kappa shape index (κ2) is 35.4. The van der Waals surface area contributed by atoms with Gasteiger partial charge in [0.2, 0.25) is 17.7 Å². The number of amides is 5. The molecule has 3 atom stereocenters. The lowest BCUT2D eigenvalue weighted by Gasteiger charge is -2.22. The van der Waals surface area contributed by atoms with Gasteiger partial charge in [0, 0.05) is 173 Å². The number of halogens is 3. The lowest BCUT2D eigenvalue weighted by atomic mass is 9.98. The molecule has 0 saturated heterocycles. The fraction of sp³-hybridized carbons (Fsp3) is 0.174. The zero-order chi connectivity index (χ0) is 76.8. The maximum atomic E-state index is 13.1. The molecule has 550 valence electrons. The number of para-hydroxylation sites is 2. The highest BCUT2D eigenvalue weighted by Gasteiger charge is 2.30. The third-order valence-electron chi connectivity index (χ3n) is 19.2. The summed E-state index contributed by atoms with van der Waals surface area (Å²) >= 11 is 10.0. The predicted octanol–water partition coefficient (Wildman–Crippen LogP) is 14.9. The van der Waals surface area contributed by atoms with Crippen molar-refractivity contribution in [1.82, 2.24) is 38.9 Å². The van der Waals surface area contributed by atoms with Crippen molar-refractivity contribution in [1.29, 1.82) is 0 Å². The number of nitrogen functional groups attached to an aromatic ring is 1. The van der Waals surface area contributed by atoms with Crippen LogP contribution < -0.4 is 27.4 Å². The molecule has 9 heterocycles. The molecule has 0 saturated carbocycles. The lowest BCUT2D eigenvalue weighted by molar-refractivity contribution is -0.126. The lowest BCUT2D eigenvalue weighted by Crippen LogP contribution is -2.41. The molecule has 0 aliphatic carbocycles. The van der Waals surface area contributed by atoms with Gasteiger partial charge in [-0.2, -0.15) is 0 Å². The molecular weight excluding hydrogens is 1560 g/mol. The number of hydrogen-bond acceptors (Lipinski definition) is 13. The van der Waals surface area contributed by atoms with Gasteiger partial charge in [0.25, 0.3) is 11.8 Å². The van der Waals surface area contributed by atoms with Crippen LogP contribution >= 0.6 is 47.8 Å². The van der Waals surface area contributed by atoms with Crippen LogP contribution in [0.15, 0.2) is 250 Å². The van der Waals surface area contributed by atoms with E-state index >= 15 is 0 Å². The molecule has 15 rings (SSSR count). The van der Waals surface area contributed by atoms with Crippen LogP contribution in [0.4, 0.5) is 23.3 Å². The third kappa shape index (κ3) is 18.7. The Kier molecular flexibility index (Phi) is 25.0. The van der Waals surface area contributed by atoms with E-state index in [1.807, 2.05) is 184 Å². The normalized spacial score (nSPS) is 14.7. The molecule has 0 radical (unpaired) electrons. The Labute approximate surface area is 657 Å². The minimum Gasteiger partial charge on any atom is -0.383 e. The molecule has 3 aliphatic heterocycles. The van der Waals surface area contributed by atoms with Crippen LogP contribution in [0.25, 0.3) is 34.0 Å². The van der Waals surface area contributed by atoms with Gasteiger partial charge in [0.05, 0.1) is 17.5 Å². The van der Waals surface area contributed by atoms with E-state index in [9.17, 15) is 24.0 Å². The molecule has 109 heavy (non-hydrogen) atoms. The number of rotatable bonds is 15. The van der Waals surface area contributed by atoms with Crippen molar-refractivity contribution in [3.8, 4) is 0 Å². The predicted molar refractivity (Wildman–Crippen MR) is 445 cm³/mol. The topological polar surface area (TPSA) is 266 Å². The highest BCUT2D eigenvalue weighted by Crippen LogP contribution is 2.31. The van der Waals surface area contributed by atoms with Gasteiger partial charge in [0.1, 0.15) is 35.4 Å². The smallest absolute Gasteiger partial charge is 0.250 e. The molecule has 23 heteroatoms. The van der Waals surface area contributed by atoms with Gasteiger partial charge in [0.15, 0.2) is 0 Å². The van der Waals surface area contributed by atoms with Gasteiger partial charge in [-0.3, -0.25) is 34.0 Å². The van der Waals surface area contributed by atoms with Crippen LogP contribution in [0.1, 0.15) is 78.1 Å². The number of pyridine rings is 4. The van der Waals surface area contributed by atoms with Crippen LogP contribution in [0, 0.1) is 13.8 Å². The average Bonchev–Trinajstić information content (AvgIpc) is 1.72. The number of likely N-dealkylation sites (N-methyl/N-ethyl adjacent to an activating group) is 2. The number of carbonyl (C=O) groups excluding carboxylic acids is 5. The second-order valence-corrected chi connectivity index (χ2v) is 28.9. The number of nitrogens with zero attached hydrogens (tertiary/aromatic N) is 10. The summed E-state index contributed by atoms with van der Waals surface area (Å²) in [4.78, 5) is 93.3. The fourth-order valence-corrected chi connectivity index (χ4v) is 14.2. The van der Waals surface area contributed by atoms with Crippen molar-refractivity contribution in [3.05, 3.63) is 318 Å². The highest BCUT2D eigenvalue weighted by atomic mass is 79.9. The first-order valence-corrected chi connectivity index (χ1v) is 37.9. The van der Waals surface area contributed by atoms with Crippen molar-refractivity contribution in [2.24, 2.45) is 29.8 Å². The molecule has 6 aromatic heterocycles. The minimum atomic E-state index is -0.611. The van der Waals surface area contributed by atoms with Gasteiger partial charge >= 0.3 is 0 Å². The molecule has 0 bridgehead atoms. The first-order chi connectivity index (χ1) is 52.7. The minimum absolute atomic E-state index is 0.0925. The van der Waals surface area contributed by atoms with E-state index in [4.69, 9.17) is 21.5 Å². The zero-order valence-electron chi connectivity index (χ0n) is 60.9. The van der Waals surface area contributed by atoms with E-state index in [0.29, 0.717) is 55.6 Å². The number of aliphatic imine (C=N–C) groups is 2. The van der Waals surface area contributed by atoms with Crippen molar-refractivity contribution in [2.45, 2.75) is 69.7 Å². The number of alkyl halides is 1. The number of hydrogen-bond donors (Lipinski definition) is 5. The Morgan fingerprint density at radius 1 is 0.505 bits per heavy atom. The monoisotopic (exact) mass is 1640 g/mol. The Balaban J connectivity index is 0.000000147. The summed E-state index contributed by atoms with van der Waals surface area (Å²) < 4.78 is 6.16. The number of anilines is 4. The largest absolute Gasteiger partial charge is 0.383 e. The second-order valence-electron chi connectivity index (χ2n) is 26.5. The average molecular weight is 1640 g/mol. The molecule has 0 spiro atoms. The summed E-state index contributed by atoms with van der Waals surface area (Å²) in [6, 6.07) is 62.3. The molecule has 20 nitrogen and oxygen atoms in total. The first kappa shape index (κ1) is 77.0. The number of aromatic nitrogens is 6. The van der Waals surface area contributed by atoms with Crippen molar-refractivity contribution >= 4 is 146 Å². The van der Waals surface area contributed by atoms with Gasteiger partial charge in [-0.25, -0.2) is 19.9 Å². The van der Waals surface area contributed by atoms with E-state index in [-0.39, 0.29) is 29.5 Å². The molecule has 5 amide bonds. The third-order valence-corrected chi connectivity index (χ3v) is 20.6. The van der Waals surface area contributed by atoms with Crippen LogP contribution in [-0.4, -0.2) is 112 Å². The quantitative estimate of drug-likeness (QED) is 0.0366. The Morgan fingerprint density at radius 3 is 1.28 bits per heavy atom. The molecular formula is C86H80Br3N15O5. The molecule has 7 N–H and O–H groups in total. The van der Waals surface area contributed by atoms with Crippen LogP contribution in [-0.2, 0) is 75.8 Å². The van der Waals surface area contributed by atoms with Crippen LogP contribution in [0.5, 0.6) is 0 Å². The summed E-state index contributed by atoms with van der Waals surface area (Å²) in [6.07, 6.45) is 14.7. The van der Waals surface area contributed by atoms with E-state index in [2.05, 4.69) is 138 Å². The summed E-state index contributed by atoms with van der Waals surface area (Å²) in [5.41, 5.74) is 29.0. The van der Waals surface area contributed by atoms with Gasteiger partial charge in [-0.15, -0.1) is 0 Å². The van der Waals surface area contributed by atoms with Crippen LogP contribution in [0.2, 0.25) is 0 Å². The molecule has 3 aliphatic rings. The zero-order valence-corrected chi connectivity index (χ0v) is 65.6.